The van der Waals surface area contributed by atoms with E-state index in [2.05, 4.69) is 37.4 Å². The van der Waals surface area contributed by atoms with Gasteiger partial charge in [-0.25, -0.2) is 0 Å². The van der Waals surface area contributed by atoms with E-state index in [0.717, 1.165) is 10.6 Å². The first-order chi connectivity index (χ1) is 12.0. The zero-order chi connectivity index (χ0) is 17.8. The van der Waals surface area contributed by atoms with Crippen LogP contribution in [0.15, 0.2) is 52.3 Å². The third-order valence-electron chi connectivity index (χ3n) is 3.86. The minimum Gasteiger partial charge on any atom is -0.325 e. The van der Waals surface area contributed by atoms with Crippen LogP contribution in [0.25, 0.3) is 0 Å². The van der Waals surface area contributed by atoms with Crippen molar-refractivity contribution in [3.63, 3.8) is 0 Å². The predicted octanol–water partition coefficient (Wildman–Crippen LogP) is 3.93. The molecule has 4 nitrogen and oxygen atoms in total. The van der Waals surface area contributed by atoms with E-state index in [9.17, 15) is 9.59 Å². The minimum atomic E-state index is -0.161. The van der Waals surface area contributed by atoms with Crippen LogP contribution in [0.2, 0.25) is 0 Å². The lowest BCUT2D eigenvalue weighted by atomic mass is 10.2. The lowest BCUT2D eigenvalue weighted by Gasteiger charge is -2.14. The lowest BCUT2D eigenvalue weighted by molar-refractivity contribution is -0.130. The normalized spacial score (nSPS) is 14.0. The van der Waals surface area contributed by atoms with Crippen LogP contribution in [-0.4, -0.2) is 34.9 Å². The summed E-state index contributed by atoms with van der Waals surface area (Å²) in [6.07, 6.45) is 0. The van der Waals surface area contributed by atoms with Gasteiger partial charge < -0.3 is 10.2 Å². The molecule has 1 saturated heterocycles. The number of hydrogen-bond donors (Lipinski definition) is 1. The van der Waals surface area contributed by atoms with E-state index >= 15 is 0 Å². The summed E-state index contributed by atoms with van der Waals surface area (Å²) in [6, 6.07) is 14.2. The van der Waals surface area contributed by atoms with Gasteiger partial charge in [0.05, 0.1) is 11.6 Å². The van der Waals surface area contributed by atoms with Crippen molar-refractivity contribution in [2.24, 2.45) is 0 Å². The fraction of sp³-hybridized carbons (Fsp3) is 0.263. The number of hydrogen-bond acceptors (Lipinski definition) is 4. The van der Waals surface area contributed by atoms with Crippen LogP contribution in [0, 0.1) is 13.8 Å². The quantitative estimate of drug-likeness (QED) is 0.864. The molecule has 0 aromatic heterocycles. The maximum absolute atomic E-state index is 12.0. The Balaban J connectivity index is 1.58. The fourth-order valence-electron chi connectivity index (χ4n) is 2.56. The first-order valence-electron chi connectivity index (χ1n) is 8.02. The van der Waals surface area contributed by atoms with Crippen molar-refractivity contribution in [1.29, 1.82) is 0 Å². The van der Waals surface area contributed by atoms with Crippen LogP contribution in [0.3, 0.4) is 0 Å². The monoisotopic (exact) mass is 372 g/mol. The Labute approximate surface area is 156 Å². The van der Waals surface area contributed by atoms with Crippen molar-refractivity contribution >= 4 is 41.0 Å². The zero-order valence-electron chi connectivity index (χ0n) is 14.2. The highest BCUT2D eigenvalue weighted by Gasteiger charge is 2.22. The summed E-state index contributed by atoms with van der Waals surface area (Å²) < 4.78 is 0. The molecule has 2 amide bonds. The lowest BCUT2D eigenvalue weighted by Crippen LogP contribution is -2.34. The standard InChI is InChI=1S/C19H20N2O2S2/c1-13-3-8-17(14(2)9-13)25-16-6-4-15(5-7-16)20-18(22)10-21-12-24-11-19(21)23/h3-9H,10-12H2,1-2H3,(H,20,22). The SMILES string of the molecule is Cc1ccc(Sc2ccc(NC(=O)CN3CSCC3=O)cc2)c(C)c1. The summed E-state index contributed by atoms with van der Waals surface area (Å²) in [5.41, 5.74) is 3.26. The Morgan fingerprint density at radius 3 is 2.60 bits per heavy atom. The number of nitrogens with one attached hydrogen (secondary N) is 1. The summed E-state index contributed by atoms with van der Waals surface area (Å²) in [5, 5.41) is 2.85. The average molecular weight is 373 g/mol. The smallest absolute Gasteiger partial charge is 0.244 e. The van der Waals surface area contributed by atoms with E-state index in [1.54, 1.807) is 16.7 Å². The highest BCUT2D eigenvalue weighted by Crippen LogP contribution is 2.31. The molecule has 130 valence electrons. The molecule has 0 bridgehead atoms. The second-order valence-corrected chi connectivity index (χ2v) is 8.08. The molecule has 1 N–H and O–H groups in total. The average Bonchev–Trinajstić information content (AvgIpc) is 2.97. The third-order valence-corrected chi connectivity index (χ3v) is 5.99. The van der Waals surface area contributed by atoms with Gasteiger partial charge in [0, 0.05) is 15.5 Å². The van der Waals surface area contributed by atoms with Gasteiger partial charge in [-0.1, -0.05) is 29.5 Å². The van der Waals surface area contributed by atoms with Gasteiger partial charge in [0.2, 0.25) is 11.8 Å². The van der Waals surface area contributed by atoms with E-state index in [0.29, 0.717) is 11.6 Å². The van der Waals surface area contributed by atoms with Gasteiger partial charge in [-0.05, 0) is 49.7 Å². The van der Waals surface area contributed by atoms with Crippen LogP contribution in [-0.2, 0) is 9.59 Å². The number of thioether (sulfide) groups is 1. The van der Waals surface area contributed by atoms with Crippen molar-refractivity contribution in [2.45, 2.75) is 23.6 Å². The third kappa shape index (κ3) is 4.80. The summed E-state index contributed by atoms with van der Waals surface area (Å²) in [7, 11) is 0. The van der Waals surface area contributed by atoms with E-state index in [1.165, 1.54) is 27.8 Å². The number of nitrogens with zero attached hydrogens (tertiary/aromatic N) is 1. The highest BCUT2D eigenvalue weighted by atomic mass is 32.2. The predicted molar refractivity (Wildman–Crippen MR) is 104 cm³/mol. The van der Waals surface area contributed by atoms with Gasteiger partial charge in [0.25, 0.3) is 0 Å². The largest absolute Gasteiger partial charge is 0.325 e. The Morgan fingerprint density at radius 2 is 1.96 bits per heavy atom. The van der Waals surface area contributed by atoms with Gasteiger partial charge in [-0.15, -0.1) is 11.8 Å². The van der Waals surface area contributed by atoms with Crippen LogP contribution in [0.1, 0.15) is 11.1 Å². The van der Waals surface area contributed by atoms with Crippen LogP contribution in [0.5, 0.6) is 0 Å². The number of carbonyl (C=O) groups excluding carboxylic acids is 2. The molecular formula is C19H20N2O2S2. The summed E-state index contributed by atoms with van der Waals surface area (Å²) in [5.74, 6) is 0.932. The summed E-state index contributed by atoms with van der Waals surface area (Å²) in [4.78, 5) is 27.5. The number of amides is 2. The highest BCUT2D eigenvalue weighted by molar-refractivity contribution is 8.00. The first-order valence-corrected chi connectivity index (χ1v) is 9.99. The molecular weight excluding hydrogens is 352 g/mol. The molecule has 1 heterocycles. The Kier molecular flexibility index (Phi) is 5.71. The molecule has 0 saturated carbocycles. The minimum absolute atomic E-state index is 0.0281. The molecule has 0 radical (unpaired) electrons. The maximum Gasteiger partial charge on any atom is 0.244 e. The van der Waals surface area contributed by atoms with Crippen molar-refractivity contribution in [2.75, 3.05) is 23.5 Å². The molecule has 0 atom stereocenters. The van der Waals surface area contributed by atoms with Crippen LogP contribution >= 0.6 is 23.5 Å². The van der Waals surface area contributed by atoms with Gasteiger partial charge in [-0.3, -0.25) is 9.59 Å². The molecule has 0 aliphatic carbocycles. The molecule has 2 aromatic carbocycles. The number of benzene rings is 2. The summed E-state index contributed by atoms with van der Waals surface area (Å²) >= 11 is 3.25. The number of carbonyl (C=O) groups is 2. The van der Waals surface area contributed by atoms with E-state index < -0.39 is 0 Å². The van der Waals surface area contributed by atoms with Crippen molar-refractivity contribution in [1.82, 2.24) is 4.90 Å². The van der Waals surface area contributed by atoms with Crippen molar-refractivity contribution < 1.29 is 9.59 Å². The van der Waals surface area contributed by atoms with Gasteiger partial charge in [0.1, 0.15) is 6.54 Å². The molecule has 6 heteroatoms. The molecule has 25 heavy (non-hydrogen) atoms. The van der Waals surface area contributed by atoms with Crippen LogP contribution < -0.4 is 5.32 Å². The topological polar surface area (TPSA) is 49.4 Å². The van der Waals surface area contributed by atoms with E-state index in [1.807, 2.05) is 24.3 Å². The summed E-state index contributed by atoms with van der Waals surface area (Å²) in [6.45, 7) is 4.32. The molecule has 1 fully saturated rings. The fourth-order valence-corrected chi connectivity index (χ4v) is 4.35. The van der Waals surface area contributed by atoms with E-state index in [-0.39, 0.29) is 18.4 Å². The van der Waals surface area contributed by atoms with Gasteiger partial charge in [-0.2, -0.15) is 0 Å². The second kappa shape index (κ2) is 7.97. The van der Waals surface area contributed by atoms with Crippen LogP contribution in [0.4, 0.5) is 5.69 Å². The Hall–Kier alpha value is -1.92. The Morgan fingerprint density at radius 1 is 1.20 bits per heavy atom. The zero-order valence-corrected chi connectivity index (χ0v) is 15.9. The maximum atomic E-state index is 12.0. The first kappa shape index (κ1) is 17.9. The van der Waals surface area contributed by atoms with Gasteiger partial charge in [0.15, 0.2) is 0 Å². The number of rotatable bonds is 5. The van der Waals surface area contributed by atoms with Crippen molar-refractivity contribution in [3.8, 4) is 0 Å². The molecule has 3 rings (SSSR count). The van der Waals surface area contributed by atoms with Gasteiger partial charge >= 0.3 is 0 Å². The number of aryl methyl sites for hydroxylation is 2. The molecule has 1 aliphatic rings. The van der Waals surface area contributed by atoms with Crippen molar-refractivity contribution in [3.05, 3.63) is 53.6 Å². The molecule has 0 spiro atoms. The molecule has 0 unspecified atom stereocenters. The number of anilines is 1. The molecule has 1 aliphatic heterocycles. The second-order valence-electron chi connectivity index (χ2n) is 6.01. The van der Waals surface area contributed by atoms with E-state index in [4.69, 9.17) is 0 Å². The Bertz CT molecular complexity index is 791. The molecule has 2 aromatic rings.